The van der Waals surface area contributed by atoms with E-state index < -0.39 is 0 Å². The number of nitrogens with one attached hydrogen (secondary N) is 3. The quantitative estimate of drug-likeness (QED) is 0.428. The average Bonchev–Trinajstić information content (AvgIpc) is 1.83. The van der Waals surface area contributed by atoms with Crippen LogP contribution in [0.2, 0.25) is 0 Å². The zero-order chi connectivity index (χ0) is 6.85. The van der Waals surface area contributed by atoms with Crippen molar-refractivity contribution < 1.29 is 0 Å². The summed E-state index contributed by atoms with van der Waals surface area (Å²) in [5.74, 6) is 0. The highest BCUT2D eigenvalue weighted by atomic mass is 14.6. The highest BCUT2D eigenvalue weighted by Crippen LogP contribution is 1.98. The van der Waals surface area contributed by atoms with Gasteiger partial charge in [-0.1, -0.05) is 6.08 Å². The van der Waals surface area contributed by atoms with Crippen LogP contribution in [0.25, 0.3) is 0 Å². The van der Waals surface area contributed by atoms with Gasteiger partial charge < -0.3 is 5.41 Å². The van der Waals surface area contributed by atoms with E-state index in [1.54, 1.807) is 12.2 Å². The van der Waals surface area contributed by atoms with Gasteiger partial charge in [0.1, 0.15) is 5.71 Å². The van der Waals surface area contributed by atoms with Gasteiger partial charge in [-0.3, -0.25) is 10.8 Å². The summed E-state index contributed by atoms with van der Waals surface area (Å²) in [5.41, 5.74) is 0.436. The molecule has 46 valence electrons. The Balaban J connectivity index is 2.94. The molecule has 0 bridgehead atoms. The van der Waals surface area contributed by atoms with Crippen LogP contribution in [-0.4, -0.2) is 17.1 Å². The summed E-state index contributed by atoms with van der Waals surface area (Å²) in [4.78, 5) is 0. The largest absolute Gasteiger partial charge is 0.303 e. The highest BCUT2D eigenvalue weighted by Gasteiger charge is 2.10. The lowest BCUT2D eigenvalue weighted by molar-refractivity contribution is 1.36. The Morgan fingerprint density at radius 2 is 1.89 bits per heavy atom. The Kier molecular flexibility index (Phi) is 1.26. The van der Waals surface area contributed by atoms with Crippen LogP contribution in [0.4, 0.5) is 0 Å². The number of hydrogen-bond donors (Lipinski definition) is 3. The lowest BCUT2D eigenvalue weighted by Gasteiger charge is -2.05. The van der Waals surface area contributed by atoms with Gasteiger partial charge >= 0.3 is 0 Å². The van der Waals surface area contributed by atoms with E-state index in [4.69, 9.17) is 16.2 Å². The molecule has 1 rings (SSSR count). The van der Waals surface area contributed by atoms with Crippen LogP contribution in [-0.2, 0) is 0 Å². The maximum absolute atomic E-state index is 7.11. The van der Waals surface area contributed by atoms with Gasteiger partial charge in [-0.15, -0.1) is 0 Å². The van der Waals surface area contributed by atoms with Crippen LogP contribution in [0.3, 0.4) is 0 Å². The van der Waals surface area contributed by atoms with Crippen molar-refractivity contribution in [2.45, 2.75) is 6.42 Å². The smallest absolute Gasteiger partial charge is 0.100 e. The van der Waals surface area contributed by atoms with Gasteiger partial charge in [0.2, 0.25) is 0 Å². The monoisotopic (exact) mass is 121 g/mol. The van der Waals surface area contributed by atoms with Crippen LogP contribution in [0.15, 0.2) is 12.2 Å². The third-order valence-corrected chi connectivity index (χ3v) is 1.18. The summed E-state index contributed by atoms with van der Waals surface area (Å²) in [5, 5.41) is 21.3. The number of hydrogen-bond acceptors (Lipinski definition) is 3. The Morgan fingerprint density at radius 3 is 2.33 bits per heavy atom. The minimum absolute atomic E-state index is 0.0532. The predicted molar refractivity (Wildman–Crippen MR) is 36.9 cm³/mol. The first-order chi connectivity index (χ1) is 4.22. The summed E-state index contributed by atoms with van der Waals surface area (Å²) >= 11 is 0. The van der Waals surface area contributed by atoms with E-state index in [0.717, 1.165) is 0 Å². The molecule has 3 N–H and O–H groups in total. The molecular formula is C6H7N3. The molecule has 0 radical (unpaired) electrons. The van der Waals surface area contributed by atoms with E-state index in [1.165, 1.54) is 0 Å². The normalized spacial score (nSPS) is 18.9. The molecule has 0 amide bonds. The average molecular weight is 121 g/mol. The lowest BCUT2D eigenvalue weighted by atomic mass is 10.0. The second kappa shape index (κ2) is 1.93. The molecule has 0 heterocycles. The molecule has 0 fully saturated rings. The molecule has 9 heavy (non-hydrogen) atoms. The number of rotatable bonds is 0. The van der Waals surface area contributed by atoms with E-state index >= 15 is 0 Å². The minimum atomic E-state index is 0.0532. The molecule has 0 saturated carbocycles. The summed E-state index contributed by atoms with van der Waals surface area (Å²) in [6.45, 7) is 0. The van der Waals surface area contributed by atoms with Crippen LogP contribution >= 0.6 is 0 Å². The molecule has 3 heteroatoms. The van der Waals surface area contributed by atoms with E-state index in [2.05, 4.69) is 0 Å². The summed E-state index contributed by atoms with van der Waals surface area (Å²) in [6.07, 6.45) is 3.78. The van der Waals surface area contributed by atoms with Gasteiger partial charge in [-0.05, 0) is 6.08 Å². The first kappa shape index (κ1) is 5.88. The first-order valence-electron chi connectivity index (χ1n) is 2.63. The van der Waals surface area contributed by atoms with E-state index in [9.17, 15) is 0 Å². The zero-order valence-corrected chi connectivity index (χ0v) is 4.86. The van der Waals surface area contributed by atoms with Crippen LogP contribution in [0.1, 0.15) is 6.42 Å². The fraction of sp³-hybridized carbons (Fsp3) is 0.167. The zero-order valence-electron chi connectivity index (χ0n) is 4.86. The molecule has 3 nitrogen and oxygen atoms in total. The number of allylic oxidation sites excluding steroid dienone is 2. The van der Waals surface area contributed by atoms with Crippen molar-refractivity contribution in [2.75, 3.05) is 0 Å². The molecule has 0 aromatic heterocycles. The molecule has 0 aromatic rings. The van der Waals surface area contributed by atoms with Crippen LogP contribution in [0.5, 0.6) is 0 Å². The van der Waals surface area contributed by atoms with Crippen molar-refractivity contribution in [3.63, 3.8) is 0 Å². The third kappa shape index (κ3) is 0.937. The van der Waals surface area contributed by atoms with Gasteiger partial charge in [0.05, 0.1) is 11.4 Å². The topological polar surface area (TPSA) is 71.6 Å². The van der Waals surface area contributed by atoms with Crippen molar-refractivity contribution in [1.82, 2.24) is 0 Å². The van der Waals surface area contributed by atoms with Gasteiger partial charge in [0, 0.05) is 6.42 Å². The maximum Gasteiger partial charge on any atom is 0.100 e. The van der Waals surface area contributed by atoms with Gasteiger partial charge in [-0.2, -0.15) is 0 Å². The highest BCUT2D eigenvalue weighted by molar-refractivity contribution is 6.69. The van der Waals surface area contributed by atoms with Crippen molar-refractivity contribution in [3.05, 3.63) is 12.2 Å². The van der Waals surface area contributed by atoms with E-state index in [1.807, 2.05) is 0 Å². The standard InChI is InChI=1S/C6H7N3/c7-4-2-1-3-5(8)6(4)9/h1-2,7-9H,3H2. The molecule has 0 unspecified atom stereocenters. The van der Waals surface area contributed by atoms with E-state index in [-0.39, 0.29) is 17.1 Å². The fourth-order valence-electron chi connectivity index (χ4n) is 0.643. The van der Waals surface area contributed by atoms with Crippen molar-refractivity contribution in [1.29, 1.82) is 16.2 Å². The van der Waals surface area contributed by atoms with Crippen LogP contribution < -0.4 is 0 Å². The molecule has 0 spiro atoms. The van der Waals surface area contributed by atoms with Gasteiger partial charge in [0.25, 0.3) is 0 Å². The Morgan fingerprint density at radius 1 is 1.22 bits per heavy atom. The molecule has 0 aromatic carbocycles. The van der Waals surface area contributed by atoms with E-state index in [0.29, 0.717) is 6.42 Å². The van der Waals surface area contributed by atoms with Crippen LogP contribution in [0, 0.1) is 16.2 Å². The van der Waals surface area contributed by atoms with Crippen molar-refractivity contribution in [2.24, 2.45) is 0 Å². The molecule has 1 aliphatic rings. The molecule has 0 atom stereocenters. The maximum atomic E-state index is 7.11. The second-order valence-electron chi connectivity index (χ2n) is 1.87. The third-order valence-electron chi connectivity index (χ3n) is 1.18. The summed E-state index contributed by atoms with van der Waals surface area (Å²) < 4.78 is 0. The molecule has 0 saturated heterocycles. The van der Waals surface area contributed by atoms with Gasteiger partial charge in [-0.25, -0.2) is 0 Å². The van der Waals surface area contributed by atoms with Gasteiger partial charge in [0.15, 0.2) is 0 Å². The van der Waals surface area contributed by atoms with Crippen molar-refractivity contribution >= 4 is 17.1 Å². The predicted octanol–water partition coefficient (Wildman–Crippen LogP) is 1.01. The molecule has 0 aliphatic heterocycles. The summed E-state index contributed by atoms with van der Waals surface area (Å²) in [7, 11) is 0. The first-order valence-corrected chi connectivity index (χ1v) is 2.63. The fourth-order valence-corrected chi connectivity index (χ4v) is 0.643. The minimum Gasteiger partial charge on any atom is -0.303 e. The van der Waals surface area contributed by atoms with Crippen molar-refractivity contribution in [3.8, 4) is 0 Å². The Bertz CT molecular complexity index is 212. The lowest BCUT2D eigenvalue weighted by Crippen LogP contribution is -2.22. The molecule has 1 aliphatic carbocycles. The Hall–Kier alpha value is -1.25. The SMILES string of the molecule is N=C1C=CCC(=N)C1=N. The Labute approximate surface area is 52.9 Å². The molecular weight excluding hydrogens is 114 g/mol. The second-order valence-corrected chi connectivity index (χ2v) is 1.87. The summed E-state index contributed by atoms with van der Waals surface area (Å²) in [6, 6.07) is 0.